The summed E-state index contributed by atoms with van der Waals surface area (Å²) in [6.45, 7) is 0. The third-order valence-electron chi connectivity index (χ3n) is 2.38. The lowest BCUT2D eigenvalue weighted by Crippen LogP contribution is -2.04. The van der Waals surface area contributed by atoms with Gasteiger partial charge in [0.25, 0.3) is 5.69 Å². The van der Waals surface area contributed by atoms with Gasteiger partial charge in [-0.2, -0.15) is 12.6 Å². The van der Waals surface area contributed by atoms with Crippen LogP contribution in [-0.2, 0) is 0 Å². The molecule has 5 heteroatoms. The van der Waals surface area contributed by atoms with Crippen LogP contribution in [0.2, 0.25) is 0 Å². The molecule has 0 N–H and O–H groups in total. The lowest BCUT2D eigenvalue weighted by molar-refractivity contribution is -0.385. The van der Waals surface area contributed by atoms with E-state index in [4.69, 9.17) is 0 Å². The molecule has 2 rings (SSSR count). The maximum absolute atomic E-state index is 12.1. The molecule has 0 heterocycles. The first-order valence-electron chi connectivity index (χ1n) is 5.48. The van der Waals surface area contributed by atoms with E-state index in [0.717, 1.165) is 0 Å². The quantitative estimate of drug-likeness (QED) is 0.404. The van der Waals surface area contributed by atoms with E-state index in [-0.39, 0.29) is 17.0 Å². The number of rotatable bonds is 3. The molecule has 0 aliphatic carbocycles. The molecule has 0 aliphatic rings. The Morgan fingerprint density at radius 3 is 2.11 bits per heavy atom. The smallest absolute Gasteiger partial charge is 0.280 e. The fraction of sp³-hybridized carbons (Fsp3) is 0.0714. The summed E-state index contributed by atoms with van der Waals surface area (Å²) in [4.78, 5) is 22.3. The highest BCUT2D eigenvalue weighted by atomic mass is 32.1. The van der Waals surface area contributed by atoms with E-state index < -0.39 is 4.92 Å². The molecule has 0 saturated heterocycles. The van der Waals surface area contributed by atoms with Crippen LogP contribution < -0.4 is 0 Å². The molecule has 0 unspecified atom stereocenters. The Balaban J connectivity index is 0.000000861. The number of hydrogen-bond donors (Lipinski definition) is 1. The standard InChI is InChI=1S/C13H9NO3.CH4S/c15-13(10-6-2-1-3-7-10)11-8-4-5-9-12(11)14(16)17;1-2/h1-9H;2H,1H3. The van der Waals surface area contributed by atoms with Gasteiger partial charge in [0.05, 0.1) is 4.92 Å². The summed E-state index contributed by atoms with van der Waals surface area (Å²) >= 11 is 3.53. The van der Waals surface area contributed by atoms with Gasteiger partial charge in [0.1, 0.15) is 5.56 Å². The molecule has 98 valence electrons. The average molecular weight is 275 g/mol. The van der Waals surface area contributed by atoms with Crippen LogP contribution in [0, 0.1) is 10.1 Å². The van der Waals surface area contributed by atoms with Gasteiger partial charge < -0.3 is 0 Å². The maximum atomic E-state index is 12.1. The first-order chi connectivity index (χ1) is 9.20. The zero-order valence-electron chi connectivity index (χ0n) is 10.3. The normalized spacial score (nSPS) is 9.16. The molecule has 0 amide bonds. The number of nitrogens with zero attached hydrogens (tertiary/aromatic N) is 1. The van der Waals surface area contributed by atoms with Crippen LogP contribution in [0.1, 0.15) is 15.9 Å². The Bertz CT molecular complexity index is 570. The van der Waals surface area contributed by atoms with E-state index in [0.29, 0.717) is 5.56 Å². The first kappa shape index (κ1) is 14.9. The van der Waals surface area contributed by atoms with E-state index in [2.05, 4.69) is 12.6 Å². The second-order valence-corrected chi connectivity index (χ2v) is 3.47. The van der Waals surface area contributed by atoms with Crippen LogP contribution in [0.25, 0.3) is 0 Å². The van der Waals surface area contributed by atoms with Crippen LogP contribution in [0.4, 0.5) is 5.69 Å². The summed E-state index contributed by atoms with van der Waals surface area (Å²) in [5, 5.41) is 10.8. The van der Waals surface area contributed by atoms with Crippen molar-refractivity contribution in [2.45, 2.75) is 0 Å². The minimum atomic E-state index is -0.545. The Hall–Kier alpha value is -2.14. The van der Waals surface area contributed by atoms with Gasteiger partial charge in [-0.1, -0.05) is 42.5 Å². The summed E-state index contributed by atoms with van der Waals surface area (Å²) in [6.07, 6.45) is 1.69. The van der Waals surface area contributed by atoms with Crippen LogP contribution >= 0.6 is 12.6 Å². The third kappa shape index (κ3) is 3.66. The highest BCUT2D eigenvalue weighted by molar-refractivity contribution is 7.79. The topological polar surface area (TPSA) is 60.2 Å². The highest BCUT2D eigenvalue weighted by Gasteiger charge is 2.19. The van der Waals surface area contributed by atoms with E-state index in [1.807, 2.05) is 0 Å². The van der Waals surface area contributed by atoms with Gasteiger partial charge in [-0.3, -0.25) is 14.9 Å². The Morgan fingerprint density at radius 1 is 1.00 bits per heavy atom. The molecule has 0 atom stereocenters. The zero-order valence-corrected chi connectivity index (χ0v) is 11.2. The minimum Gasteiger partial charge on any atom is -0.288 e. The predicted octanol–water partition coefficient (Wildman–Crippen LogP) is 3.37. The van der Waals surface area contributed by atoms with E-state index in [1.165, 1.54) is 12.1 Å². The predicted molar refractivity (Wildman–Crippen MR) is 77.9 cm³/mol. The second kappa shape index (κ2) is 7.33. The number of carbonyl (C=O) groups excluding carboxylic acids is 1. The van der Waals surface area contributed by atoms with Crippen molar-refractivity contribution in [1.82, 2.24) is 0 Å². The van der Waals surface area contributed by atoms with Gasteiger partial charge in [-0.25, -0.2) is 0 Å². The minimum absolute atomic E-state index is 0.115. The van der Waals surface area contributed by atoms with E-state index >= 15 is 0 Å². The molecule has 0 fully saturated rings. The third-order valence-corrected chi connectivity index (χ3v) is 2.38. The molecular formula is C14H13NO3S. The second-order valence-electron chi connectivity index (χ2n) is 3.47. The number of nitro benzene ring substituents is 1. The molecule has 0 aromatic heterocycles. The molecular weight excluding hydrogens is 262 g/mol. The summed E-state index contributed by atoms with van der Waals surface area (Å²) in [5.74, 6) is -0.335. The first-order valence-corrected chi connectivity index (χ1v) is 6.37. The van der Waals surface area contributed by atoms with Crippen LogP contribution in [0.3, 0.4) is 0 Å². The Kier molecular flexibility index (Phi) is 5.75. The van der Waals surface area contributed by atoms with Crippen molar-refractivity contribution in [2.75, 3.05) is 6.26 Å². The van der Waals surface area contributed by atoms with Crippen molar-refractivity contribution < 1.29 is 9.72 Å². The van der Waals surface area contributed by atoms with Gasteiger partial charge in [0.2, 0.25) is 0 Å². The maximum Gasteiger partial charge on any atom is 0.280 e. The number of nitro groups is 1. The monoisotopic (exact) mass is 275 g/mol. The van der Waals surface area contributed by atoms with Gasteiger partial charge in [-0.05, 0) is 12.3 Å². The van der Waals surface area contributed by atoms with Gasteiger partial charge in [-0.15, -0.1) is 0 Å². The molecule has 19 heavy (non-hydrogen) atoms. The van der Waals surface area contributed by atoms with E-state index in [1.54, 1.807) is 48.7 Å². The lowest BCUT2D eigenvalue weighted by atomic mass is 10.0. The lowest BCUT2D eigenvalue weighted by Gasteiger charge is -2.01. The van der Waals surface area contributed by atoms with Crippen molar-refractivity contribution in [2.24, 2.45) is 0 Å². The molecule has 0 aliphatic heterocycles. The van der Waals surface area contributed by atoms with Gasteiger partial charge >= 0.3 is 0 Å². The van der Waals surface area contributed by atoms with Gasteiger partial charge in [0, 0.05) is 11.6 Å². The summed E-state index contributed by atoms with van der Waals surface area (Å²) in [5.41, 5.74) is 0.395. The van der Waals surface area contributed by atoms with Crippen LogP contribution in [-0.4, -0.2) is 17.0 Å². The number of carbonyl (C=O) groups is 1. The summed E-state index contributed by atoms with van der Waals surface area (Å²) in [6, 6.07) is 14.5. The zero-order chi connectivity index (χ0) is 14.3. The summed E-state index contributed by atoms with van der Waals surface area (Å²) < 4.78 is 0. The molecule has 4 nitrogen and oxygen atoms in total. The highest BCUT2D eigenvalue weighted by Crippen LogP contribution is 2.20. The molecule has 2 aromatic rings. The molecule has 0 spiro atoms. The fourth-order valence-electron chi connectivity index (χ4n) is 1.57. The van der Waals surface area contributed by atoms with Gasteiger partial charge in [0.15, 0.2) is 5.78 Å². The van der Waals surface area contributed by atoms with Crippen molar-refractivity contribution in [1.29, 1.82) is 0 Å². The molecule has 2 aromatic carbocycles. The van der Waals surface area contributed by atoms with Crippen molar-refractivity contribution in [3.63, 3.8) is 0 Å². The van der Waals surface area contributed by atoms with Crippen molar-refractivity contribution in [3.8, 4) is 0 Å². The summed E-state index contributed by atoms with van der Waals surface area (Å²) in [7, 11) is 0. The van der Waals surface area contributed by atoms with Crippen LogP contribution in [0.15, 0.2) is 54.6 Å². The number of para-hydroxylation sites is 1. The average Bonchev–Trinajstić information content (AvgIpc) is 2.49. The van der Waals surface area contributed by atoms with E-state index in [9.17, 15) is 14.9 Å². The molecule has 0 saturated carbocycles. The fourth-order valence-corrected chi connectivity index (χ4v) is 1.57. The van der Waals surface area contributed by atoms with Crippen LogP contribution in [0.5, 0.6) is 0 Å². The largest absolute Gasteiger partial charge is 0.288 e. The Morgan fingerprint density at radius 2 is 1.53 bits per heavy atom. The number of thiol groups is 1. The number of benzene rings is 2. The molecule has 0 bridgehead atoms. The Labute approximate surface area is 116 Å². The number of hydrogen-bond acceptors (Lipinski definition) is 4. The van der Waals surface area contributed by atoms with Crippen molar-refractivity contribution in [3.05, 3.63) is 75.8 Å². The molecule has 0 radical (unpaired) electrons. The van der Waals surface area contributed by atoms with Crippen molar-refractivity contribution >= 4 is 24.1 Å². The number of ketones is 1. The SMILES string of the molecule is CS.O=C(c1ccccc1)c1ccccc1[N+](=O)[O-].